The van der Waals surface area contributed by atoms with Gasteiger partial charge in [-0.2, -0.15) is 0 Å². The molecule has 1 atom stereocenters. The zero-order valence-corrected chi connectivity index (χ0v) is 11.6. The molecule has 1 saturated heterocycles. The highest BCUT2D eigenvalue weighted by atomic mass is 16.5. The second-order valence-corrected chi connectivity index (χ2v) is 5.54. The lowest BCUT2D eigenvalue weighted by atomic mass is 9.84. The van der Waals surface area contributed by atoms with Crippen molar-refractivity contribution in [1.82, 2.24) is 4.90 Å². The Labute approximate surface area is 115 Å². The maximum absolute atomic E-state index is 11.9. The third-order valence-electron chi connectivity index (χ3n) is 4.15. The van der Waals surface area contributed by atoms with E-state index in [1.165, 1.54) is 19.3 Å². The molecule has 1 heterocycles. The number of aliphatic hydroxyl groups is 1. The highest BCUT2D eigenvalue weighted by Gasteiger charge is 2.20. The van der Waals surface area contributed by atoms with Crippen molar-refractivity contribution >= 4 is 5.91 Å². The van der Waals surface area contributed by atoms with Crippen molar-refractivity contribution < 1.29 is 14.6 Å². The van der Waals surface area contributed by atoms with Gasteiger partial charge in [-0.25, -0.2) is 0 Å². The number of morpholine rings is 1. The minimum atomic E-state index is -0.283. The van der Waals surface area contributed by atoms with E-state index in [9.17, 15) is 9.90 Å². The van der Waals surface area contributed by atoms with Crippen LogP contribution in [0.4, 0.5) is 0 Å². The predicted molar refractivity (Wildman–Crippen MR) is 73.7 cm³/mol. The first-order valence-electron chi connectivity index (χ1n) is 7.48. The number of carbonyl (C=O) groups excluding carboxylic acids is 1. The lowest BCUT2D eigenvalue weighted by Crippen LogP contribution is -2.39. The average Bonchev–Trinajstić information content (AvgIpc) is 2.49. The molecule has 0 bridgehead atoms. The molecule has 1 aliphatic carbocycles. The van der Waals surface area contributed by atoms with Crippen LogP contribution in [0.15, 0.2) is 12.2 Å². The normalized spacial score (nSPS) is 23.7. The molecule has 4 nitrogen and oxygen atoms in total. The Balaban J connectivity index is 1.70. The van der Waals surface area contributed by atoms with Gasteiger partial charge in [0.2, 0.25) is 5.91 Å². The standard InChI is InChI=1S/C15H25NO3/c17-14(13-5-2-1-3-6-13)7-4-8-15(18)16-9-11-19-12-10-16/h4,8,13-14,17H,1-3,5-7,9-12H2/b8-4+/t14-/m1/s1. The van der Waals surface area contributed by atoms with Gasteiger partial charge in [0.15, 0.2) is 0 Å². The van der Waals surface area contributed by atoms with E-state index in [2.05, 4.69) is 0 Å². The molecule has 108 valence electrons. The van der Waals surface area contributed by atoms with Crippen molar-refractivity contribution in [3.63, 3.8) is 0 Å². The Morgan fingerprint density at radius 2 is 1.95 bits per heavy atom. The number of aliphatic hydroxyl groups excluding tert-OH is 1. The zero-order chi connectivity index (χ0) is 13.5. The van der Waals surface area contributed by atoms with Gasteiger partial charge in [0.1, 0.15) is 0 Å². The second-order valence-electron chi connectivity index (χ2n) is 5.54. The Bertz CT molecular complexity index is 305. The predicted octanol–water partition coefficient (Wildman–Crippen LogP) is 1.73. The quantitative estimate of drug-likeness (QED) is 0.789. The molecule has 2 rings (SSSR count). The number of ether oxygens (including phenoxy) is 1. The Kier molecular flexibility index (Phi) is 5.86. The molecule has 2 aliphatic rings. The first-order valence-corrected chi connectivity index (χ1v) is 7.48. The fraction of sp³-hybridized carbons (Fsp3) is 0.800. The molecular weight excluding hydrogens is 242 g/mol. The van der Waals surface area contributed by atoms with Crippen LogP contribution in [0.25, 0.3) is 0 Å². The van der Waals surface area contributed by atoms with Crippen LogP contribution in [0.1, 0.15) is 38.5 Å². The van der Waals surface area contributed by atoms with Crippen LogP contribution in [-0.2, 0) is 9.53 Å². The van der Waals surface area contributed by atoms with Crippen LogP contribution in [0.3, 0.4) is 0 Å². The van der Waals surface area contributed by atoms with Gasteiger partial charge in [-0.3, -0.25) is 4.79 Å². The van der Waals surface area contributed by atoms with Gasteiger partial charge < -0.3 is 14.7 Å². The third kappa shape index (κ3) is 4.62. The maximum Gasteiger partial charge on any atom is 0.246 e. The van der Waals surface area contributed by atoms with Crippen LogP contribution in [0.2, 0.25) is 0 Å². The van der Waals surface area contributed by atoms with Crippen molar-refractivity contribution in [1.29, 1.82) is 0 Å². The van der Waals surface area contributed by atoms with Crippen molar-refractivity contribution in [2.45, 2.75) is 44.6 Å². The van der Waals surface area contributed by atoms with Gasteiger partial charge in [0.25, 0.3) is 0 Å². The van der Waals surface area contributed by atoms with E-state index in [4.69, 9.17) is 4.74 Å². The topological polar surface area (TPSA) is 49.8 Å². The first kappa shape index (κ1) is 14.5. The number of carbonyl (C=O) groups is 1. The lowest BCUT2D eigenvalue weighted by molar-refractivity contribution is -0.130. The van der Waals surface area contributed by atoms with Crippen LogP contribution in [0.5, 0.6) is 0 Å². The van der Waals surface area contributed by atoms with Crippen molar-refractivity contribution in [2.75, 3.05) is 26.3 Å². The summed E-state index contributed by atoms with van der Waals surface area (Å²) in [5, 5.41) is 10.1. The number of amides is 1. The molecule has 0 aromatic rings. The van der Waals surface area contributed by atoms with Crippen LogP contribution in [0, 0.1) is 5.92 Å². The van der Waals surface area contributed by atoms with E-state index in [0.717, 1.165) is 12.8 Å². The molecule has 1 amide bonds. The van der Waals surface area contributed by atoms with Gasteiger partial charge >= 0.3 is 0 Å². The maximum atomic E-state index is 11.9. The number of nitrogens with zero attached hydrogens (tertiary/aromatic N) is 1. The van der Waals surface area contributed by atoms with Crippen LogP contribution < -0.4 is 0 Å². The van der Waals surface area contributed by atoms with Gasteiger partial charge in [0.05, 0.1) is 19.3 Å². The molecular formula is C15H25NO3. The van der Waals surface area contributed by atoms with Gasteiger partial charge in [0, 0.05) is 13.1 Å². The summed E-state index contributed by atoms with van der Waals surface area (Å²) < 4.78 is 5.21. The molecule has 0 aromatic carbocycles. The molecule has 4 heteroatoms. The molecule has 19 heavy (non-hydrogen) atoms. The Morgan fingerprint density at radius 1 is 1.26 bits per heavy atom. The summed E-state index contributed by atoms with van der Waals surface area (Å²) in [6.45, 7) is 2.61. The second kappa shape index (κ2) is 7.65. The number of hydrogen-bond acceptors (Lipinski definition) is 3. The zero-order valence-electron chi connectivity index (χ0n) is 11.6. The first-order chi connectivity index (χ1) is 9.27. The minimum absolute atomic E-state index is 0.0409. The summed E-state index contributed by atoms with van der Waals surface area (Å²) in [6.07, 6.45) is 9.79. The van der Waals surface area contributed by atoms with E-state index < -0.39 is 0 Å². The molecule has 0 aromatic heterocycles. The fourth-order valence-electron chi connectivity index (χ4n) is 2.91. The Morgan fingerprint density at radius 3 is 2.63 bits per heavy atom. The third-order valence-corrected chi connectivity index (χ3v) is 4.15. The van der Waals surface area contributed by atoms with Crippen molar-refractivity contribution in [3.8, 4) is 0 Å². The van der Waals surface area contributed by atoms with E-state index in [1.807, 2.05) is 6.08 Å². The summed E-state index contributed by atoms with van der Waals surface area (Å²) in [5.41, 5.74) is 0. The van der Waals surface area contributed by atoms with Crippen molar-refractivity contribution in [3.05, 3.63) is 12.2 Å². The van der Waals surface area contributed by atoms with Crippen molar-refractivity contribution in [2.24, 2.45) is 5.92 Å². The summed E-state index contributed by atoms with van der Waals surface area (Å²) in [7, 11) is 0. The highest BCUT2D eigenvalue weighted by molar-refractivity contribution is 5.87. The number of hydrogen-bond donors (Lipinski definition) is 1. The summed E-state index contributed by atoms with van der Waals surface area (Å²) in [5.74, 6) is 0.469. The summed E-state index contributed by atoms with van der Waals surface area (Å²) >= 11 is 0. The molecule has 0 spiro atoms. The molecule has 1 aliphatic heterocycles. The molecule has 0 radical (unpaired) electrons. The summed E-state index contributed by atoms with van der Waals surface area (Å²) in [4.78, 5) is 13.7. The summed E-state index contributed by atoms with van der Waals surface area (Å²) in [6, 6.07) is 0. The van der Waals surface area contributed by atoms with E-state index >= 15 is 0 Å². The van der Waals surface area contributed by atoms with Gasteiger partial charge in [-0.15, -0.1) is 0 Å². The van der Waals surface area contributed by atoms with Crippen LogP contribution in [-0.4, -0.2) is 48.3 Å². The number of rotatable bonds is 4. The molecule has 2 fully saturated rings. The molecule has 0 unspecified atom stereocenters. The van der Waals surface area contributed by atoms with Gasteiger partial charge in [-0.05, 0) is 31.3 Å². The average molecular weight is 267 g/mol. The lowest BCUT2D eigenvalue weighted by Gasteiger charge is -2.26. The smallest absolute Gasteiger partial charge is 0.246 e. The van der Waals surface area contributed by atoms with Gasteiger partial charge in [-0.1, -0.05) is 25.3 Å². The highest BCUT2D eigenvalue weighted by Crippen LogP contribution is 2.27. The monoisotopic (exact) mass is 267 g/mol. The molecule has 1 N–H and O–H groups in total. The SMILES string of the molecule is O=C(/C=C/C[C@@H](O)C1CCCCC1)N1CCOCC1. The molecule has 1 saturated carbocycles. The van der Waals surface area contributed by atoms with E-state index in [1.54, 1.807) is 11.0 Å². The van der Waals surface area contributed by atoms with E-state index in [-0.39, 0.29) is 12.0 Å². The largest absolute Gasteiger partial charge is 0.393 e. The Hall–Kier alpha value is -0.870. The fourth-order valence-corrected chi connectivity index (χ4v) is 2.91. The minimum Gasteiger partial charge on any atom is -0.393 e. The van der Waals surface area contributed by atoms with Crippen LogP contribution >= 0.6 is 0 Å². The van der Waals surface area contributed by atoms with E-state index in [0.29, 0.717) is 38.6 Å².